The third-order valence-electron chi connectivity index (χ3n) is 6.52. The predicted molar refractivity (Wildman–Crippen MR) is 180 cm³/mol. The number of anilines is 2. The monoisotopic (exact) mass is 613 g/mol. The van der Waals surface area contributed by atoms with Crippen LogP contribution in [0.2, 0.25) is 0 Å². The molecule has 0 aliphatic rings. The molecule has 0 spiro atoms. The molecule has 0 aromatic heterocycles. The minimum atomic E-state index is -0.458. The van der Waals surface area contributed by atoms with Crippen LogP contribution in [0.5, 0.6) is 11.5 Å². The summed E-state index contributed by atoms with van der Waals surface area (Å²) in [6.45, 7) is 1.98. The Balaban J connectivity index is 1.15. The second-order valence-corrected chi connectivity index (χ2v) is 11.1. The van der Waals surface area contributed by atoms with Gasteiger partial charge in [-0.05, 0) is 91.4 Å². The highest BCUT2D eigenvalue weighted by Crippen LogP contribution is 2.24. The van der Waals surface area contributed by atoms with E-state index in [0.717, 1.165) is 21.8 Å². The van der Waals surface area contributed by atoms with Crippen LogP contribution in [0.1, 0.15) is 21.5 Å². The molecule has 224 valence electrons. The van der Waals surface area contributed by atoms with E-state index < -0.39 is 5.91 Å². The van der Waals surface area contributed by atoms with Crippen molar-refractivity contribution in [1.82, 2.24) is 5.32 Å². The Bertz CT molecular complexity index is 1770. The second kappa shape index (κ2) is 15.2. The molecule has 0 heterocycles. The first-order valence-corrected chi connectivity index (χ1v) is 15.2. The fraction of sp³-hybridized carbons (Fsp3) is 0.0541. The fourth-order valence-electron chi connectivity index (χ4n) is 4.18. The van der Waals surface area contributed by atoms with Crippen LogP contribution in [0, 0.1) is 6.92 Å². The Hall–Kier alpha value is -5.60. The lowest BCUT2D eigenvalue weighted by molar-refractivity contribution is -0.114. The molecule has 45 heavy (non-hydrogen) atoms. The summed E-state index contributed by atoms with van der Waals surface area (Å²) < 4.78 is 5.79. The number of aryl methyl sites for hydroxylation is 1. The largest absolute Gasteiger partial charge is 0.457 e. The summed E-state index contributed by atoms with van der Waals surface area (Å²) in [5, 5.41) is 8.49. The van der Waals surface area contributed by atoms with Crippen LogP contribution in [0.25, 0.3) is 6.08 Å². The van der Waals surface area contributed by atoms with Crippen molar-refractivity contribution in [2.75, 3.05) is 16.4 Å². The SMILES string of the molecule is Cc1ccc(/C=C(\NC(=O)c2ccccc2)C(=O)Nc2ccc(SCC(=O)Nc3ccc(Oc4ccccc4)cc3)cc2)cc1. The number of carbonyl (C=O) groups is 3. The number of para-hydroxylation sites is 1. The number of nitrogens with one attached hydrogen (secondary N) is 3. The number of benzene rings is 5. The molecular weight excluding hydrogens is 582 g/mol. The quantitative estimate of drug-likeness (QED) is 0.104. The van der Waals surface area contributed by atoms with Gasteiger partial charge in [-0.25, -0.2) is 0 Å². The molecule has 0 aliphatic heterocycles. The average molecular weight is 614 g/mol. The van der Waals surface area contributed by atoms with Crippen LogP contribution in [0.15, 0.2) is 144 Å². The highest BCUT2D eigenvalue weighted by molar-refractivity contribution is 8.00. The summed E-state index contributed by atoms with van der Waals surface area (Å²) in [5.41, 5.74) is 3.65. The zero-order valence-corrected chi connectivity index (χ0v) is 25.3. The van der Waals surface area contributed by atoms with Gasteiger partial charge in [-0.1, -0.05) is 66.2 Å². The van der Waals surface area contributed by atoms with E-state index in [1.54, 1.807) is 66.7 Å². The predicted octanol–water partition coefficient (Wildman–Crippen LogP) is 7.93. The number of ether oxygens (including phenoxy) is 1. The lowest BCUT2D eigenvalue weighted by Gasteiger charge is -2.12. The number of rotatable bonds is 11. The molecule has 0 aliphatic carbocycles. The molecular formula is C37H31N3O4S. The lowest BCUT2D eigenvalue weighted by atomic mass is 10.1. The number of hydrogen-bond acceptors (Lipinski definition) is 5. The average Bonchev–Trinajstić information content (AvgIpc) is 3.07. The summed E-state index contributed by atoms with van der Waals surface area (Å²) in [6.07, 6.45) is 1.64. The van der Waals surface area contributed by atoms with Crippen LogP contribution in [-0.4, -0.2) is 23.5 Å². The van der Waals surface area contributed by atoms with E-state index in [-0.39, 0.29) is 23.3 Å². The Labute approximate surface area is 266 Å². The molecule has 5 aromatic rings. The van der Waals surface area contributed by atoms with Gasteiger partial charge < -0.3 is 20.7 Å². The Morgan fingerprint density at radius 3 is 1.91 bits per heavy atom. The second-order valence-electron chi connectivity index (χ2n) is 10.0. The molecule has 3 amide bonds. The number of hydrogen-bond donors (Lipinski definition) is 3. The maximum atomic E-state index is 13.3. The summed E-state index contributed by atoms with van der Waals surface area (Å²) >= 11 is 1.38. The maximum Gasteiger partial charge on any atom is 0.272 e. The molecule has 8 heteroatoms. The van der Waals surface area contributed by atoms with Crippen molar-refractivity contribution in [1.29, 1.82) is 0 Å². The van der Waals surface area contributed by atoms with Crippen molar-refractivity contribution in [3.8, 4) is 11.5 Å². The van der Waals surface area contributed by atoms with Crippen molar-refractivity contribution in [3.05, 3.63) is 156 Å². The summed E-state index contributed by atoms with van der Waals surface area (Å²) in [4.78, 5) is 39.5. The summed E-state index contributed by atoms with van der Waals surface area (Å²) in [5.74, 6) is 0.644. The standard InChI is InChI=1S/C37H31N3O4S/c1-26-12-14-27(15-13-26)24-34(40-36(42)28-8-4-2-5-9-28)37(43)39-30-18-22-33(23-19-30)45-25-35(41)38-29-16-20-32(21-17-29)44-31-10-6-3-7-11-31/h2-24H,25H2,1H3,(H,38,41)(H,39,43)(H,40,42)/b34-24-. The van der Waals surface area contributed by atoms with Crippen molar-refractivity contribution in [3.63, 3.8) is 0 Å². The molecule has 0 bridgehead atoms. The van der Waals surface area contributed by atoms with E-state index in [1.165, 1.54) is 11.8 Å². The molecule has 0 fully saturated rings. The molecule has 5 rings (SSSR count). The number of amides is 3. The highest BCUT2D eigenvalue weighted by Gasteiger charge is 2.15. The first-order chi connectivity index (χ1) is 21.9. The summed E-state index contributed by atoms with van der Waals surface area (Å²) in [6, 6.07) is 40.2. The van der Waals surface area contributed by atoms with E-state index in [0.29, 0.717) is 22.7 Å². The zero-order valence-electron chi connectivity index (χ0n) is 24.5. The van der Waals surface area contributed by atoms with Crippen LogP contribution in [-0.2, 0) is 9.59 Å². The first-order valence-electron chi connectivity index (χ1n) is 14.2. The van der Waals surface area contributed by atoms with Crippen LogP contribution >= 0.6 is 11.8 Å². The van der Waals surface area contributed by atoms with Gasteiger partial charge in [0.25, 0.3) is 11.8 Å². The smallest absolute Gasteiger partial charge is 0.272 e. The summed E-state index contributed by atoms with van der Waals surface area (Å²) in [7, 11) is 0. The van der Waals surface area contributed by atoms with Gasteiger partial charge in [-0.3, -0.25) is 14.4 Å². The molecule has 0 radical (unpaired) electrons. The first kappa shape index (κ1) is 30.8. The molecule has 0 saturated carbocycles. The van der Waals surface area contributed by atoms with Gasteiger partial charge in [0.2, 0.25) is 5.91 Å². The number of thioether (sulfide) groups is 1. The van der Waals surface area contributed by atoms with E-state index in [4.69, 9.17) is 4.74 Å². The minimum Gasteiger partial charge on any atom is -0.457 e. The highest BCUT2D eigenvalue weighted by atomic mass is 32.2. The lowest BCUT2D eigenvalue weighted by Crippen LogP contribution is -2.30. The Morgan fingerprint density at radius 1 is 0.667 bits per heavy atom. The normalized spacial score (nSPS) is 10.9. The molecule has 0 atom stereocenters. The molecule has 5 aromatic carbocycles. The van der Waals surface area contributed by atoms with Gasteiger partial charge in [-0.15, -0.1) is 11.8 Å². The van der Waals surface area contributed by atoms with Crippen molar-refractivity contribution < 1.29 is 19.1 Å². The zero-order chi connectivity index (χ0) is 31.4. The topological polar surface area (TPSA) is 96.5 Å². The van der Waals surface area contributed by atoms with Gasteiger partial charge in [0.15, 0.2) is 0 Å². The van der Waals surface area contributed by atoms with E-state index in [1.807, 2.05) is 79.7 Å². The third-order valence-corrected chi connectivity index (χ3v) is 7.53. The van der Waals surface area contributed by atoms with Gasteiger partial charge in [0.05, 0.1) is 5.75 Å². The maximum absolute atomic E-state index is 13.3. The van der Waals surface area contributed by atoms with Crippen LogP contribution in [0.4, 0.5) is 11.4 Å². The van der Waals surface area contributed by atoms with Gasteiger partial charge in [-0.2, -0.15) is 0 Å². The molecule has 3 N–H and O–H groups in total. The molecule has 0 unspecified atom stereocenters. The van der Waals surface area contributed by atoms with Crippen molar-refractivity contribution in [2.45, 2.75) is 11.8 Å². The molecule has 7 nitrogen and oxygen atoms in total. The van der Waals surface area contributed by atoms with Gasteiger partial charge >= 0.3 is 0 Å². The minimum absolute atomic E-state index is 0.113. The third kappa shape index (κ3) is 9.44. The van der Waals surface area contributed by atoms with E-state index in [2.05, 4.69) is 16.0 Å². The van der Waals surface area contributed by atoms with Gasteiger partial charge in [0, 0.05) is 21.8 Å². The van der Waals surface area contributed by atoms with E-state index in [9.17, 15) is 14.4 Å². The Kier molecular flexibility index (Phi) is 10.4. The van der Waals surface area contributed by atoms with Crippen LogP contribution < -0.4 is 20.7 Å². The molecule has 0 saturated heterocycles. The number of carbonyl (C=O) groups excluding carboxylic acids is 3. The van der Waals surface area contributed by atoms with Crippen molar-refractivity contribution in [2.24, 2.45) is 0 Å². The fourth-order valence-corrected chi connectivity index (χ4v) is 4.88. The van der Waals surface area contributed by atoms with Crippen LogP contribution in [0.3, 0.4) is 0 Å². The Morgan fingerprint density at radius 2 is 1.24 bits per heavy atom. The van der Waals surface area contributed by atoms with E-state index >= 15 is 0 Å². The van der Waals surface area contributed by atoms with Crippen molar-refractivity contribution >= 4 is 46.9 Å². The van der Waals surface area contributed by atoms with Gasteiger partial charge in [0.1, 0.15) is 17.2 Å².